The molecule has 0 bridgehead atoms. The molecule has 1 saturated heterocycles. The zero-order chi connectivity index (χ0) is 17.9. The topological polar surface area (TPSA) is 68.5 Å². The van der Waals surface area contributed by atoms with Crippen molar-refractivity contribution < 1.29 is 13.9 Å². The van der Waals surface area contributed by atoms with Crippen molar-refractivity contribution in [3.63, 3.8) is 0 Å². The van der Waals surface area contributed by atoms with Crippen LogP contribution in [0.15, 0.2) is 59.0 Å². The fourth-order valence-electron chi connectivity index (χ4n) is 3.24. The molecule has 1 fully saturated rings. The van der Waals surface area contributed by atoms with Gasteiger partial charge in [0.25, 0.3) is 11.8 Å². The van der Waals surface area contributed by atoms with Gasteiger partial charge in [-0.15, -0.1) is 10.2 Å². The SMILES string of the molecule is COc1ccccc1-c1nnc(C2CCN(C(=O)c3ccccc3)C2)o1. The van der Waals surface area contributed by atoms with Crippen molar-refractivity contribution in [1.82, 2.24) is 15.1 Å². The first kappa shape index (κ1) is 16.3. The number of likely N-dealkylation sites (tertiary alicyclic amines) is 1. The van der Waals surface area contributed by atoms with Gasteiger partial charge in [0.1, 0.15) is 5.75 Å². The summed E-state index contributed by atoms with van der Waals surface area (Å²) in [7, 11) is 1.61. The number of ether oxygens (including phenoxy) is 1. The summed E-state index contributed by atoms with van der Waals surface area (Å²) in [6, 6.07) is 16.9. The Bertz CT molecular complexity index is 907. The van der Waals surface area contributed by atoms with Crippen molar-refractivity contribution in [3.8, 4) is 17.2 Å². The number of carbonyl (C=O) groups excluding carboxylic acids is 1. The first-order chi connectivity index (χ1) is 12.8. The van der Waals surface area contributed by atoms with Crippen LogP contribution in [0.2, 0.25) is 0 Å². The second kappa shape index (κ2) is 7.00. The molecular weight excluding hydrogens is 330 g/mol. The molecule has 1 amide bonds. The van der Waals surface area contributed by atoms with Gasteiger partial charge in [0.15, 0.2) is 0 Å². The molecule has 132 valence electrons. The van der Waals surface area contributed by atoms with Gasteiger partial charge in [-0.25, -0.2) is 0 Å². The summed E-state index contributed by atoms with van der Waals surface area (Å²) < 4.78 is 11.2. The van der Waals surface area contributed by atoms with Crippen LogP contribution in [0, 0.1) is 0 Å². The molecule has 0 N–H and O–H groups in total. The molecule has 2 heterocycles. The molecule has 1 unspecified atom stereocenters. The van der Waals surface area contributed by atoms with Crippen molar-refractivity contribution in [2.24, 2.45) is 0 Å². The molecule has 26 heavy (non-hydrogen) atoms. The van der Waals surface area contributed by atoms with E-state index in [9.17, 15) is 4.79 Å². The fraction of sp³-hybridized carbons (Fsp3) is 0.250. The van der Waals surface area contributed by atoms with Crippen molar-refractivity contribution >= 4 is 5.91 Å². The number of nitrogens with zero attached hydrogens (tertiary/aromatic N) is 3. The predicted molar refractivity (Wildman–Crippen MR) is 96.0 cm³/mol. The normalized spacial score (nSPS) is 16.7. The van der Waals surface area contributed by atoms with E-state index in [2.05, 4.69) is 10.2 Å². The molecule has 1 aliphatic rings. The lowest BCUT2D eigenvalue weighted by Crippen LogP contribution is -2.28. The lowest BCUT2D eigenvalue weighted by molar-refractivity contribution is 0.0790. The summed E-state index contributed by atoms with van der Waals surface area (Å²) in [5, 5.41) is 8.37. The average Bonchev–Trinajstić information content (AvgIpc) is 3.37. The van der Waals surface area contributed by atoms with E-state index in [1.165, 1.54) is 0 Å². The Morgan fingerprint density at radius 2 is 1.88 bits per heavy atom. The molecule has 0 saturated carbocycles. The molecule has 4 rings (SSSR count). The Labute approximate surface area is 151 Å². The van der Waals surface area contributed by atoms with Crippen LogP contribution < -0.4 is 4.74 Å². The van der Waals surface area contributed by atoms with E-state index in [0.717, 1.165) is 12.0 Å². The van der Waals surface area contributed by atoms with Crippen LogP contribution in [0.3, 0.4) is 0 Å². The highest BCUT2D eigenvalue weighted by Crippen LogP contribution is 2.32. The summed E-state index contributed by atoms with van der Waals surface area (Å²) in [5.41, 5.74) is 1.47. The molecule has 0 spiro atoms. The van der Waals surface area contributed by atoms with Gasteiger partial charge in [-0.05, 0) is 30.7 Å². The highest BCUT2D eigenvalue weighted by Gasteiger charge is 2.31. The third-order valence-electron chi connectivity index (χ3n) is 4.62. The van der Waals surface area contributed by atoms with Crippen LogP contribution in [0.5, 0.6) is 5.75 Å². The zero-order valence-corrected chi connectivity index (χ0v) is 14.5. The van der Waals surface area contributed by atoms with E-state index in [0.29, 0.717) is 36.2 Å². The maximum Gasteiger partial charge on any atom is 0.253 e. The minimum absolute atomic E-state index is 0.0394. The number of rotatable bonds is 4. The van der Waals surface area contributed by atoms with E-state index < -0.39 is 0 Å². The summed E-state index contributed by atoms with van der Waals surface area (Å²) in [5.74, 6) is 1.78. The summed E-state index contributed by atoms with van der Waals surface area (Å²) in [6.45, 7) is 1.27. The van der Waals surface area contributed by atoms with Crippen LogP contribution in [-0.2, 0) is 0 Å². The monoisotopic (exact) mass is 349 g/mol. The third kappa shape index (κ3) is 3.06. The molecule has 1 atom stereocenters. The van der Waals surface area contributed by atoms with Crippen LogP contribution in [0.25, 0.3) is 11.5 Å². The quantitative estimate of drug-likeness (QED) is 0.722. The van der Waals surface area contributed by atoms with Crippen LogP contribution >= 0.6 is 0 Å². The van der Waals surface area contributed by atoms with Crippen LogP contribution in [0.4, 0.5) is 0 Å². The Hall–Kier alpha value is -3.15. The van der Waals surface area contributed by atoms with E-state index in [1.54, 1.807) is 7.11 Å². The minimum atomic E-state index is 0.0394. The Balaban J connectivity index is 1.50. The minimum Gasteiger partial charge on any atom is -0.496 e. The molecule has 1 aliphatic heterocycles. The molecule has 0 aliphatic carbocycles. The predicted octanol–water partition coefficient (Wildman–Crippen LogP) is 3.37. The van der Waals surface area contributed by atoms with E-state index in [-0.39, 0.29) is 11.8 Å². The highest BCUT2D eigenvalue weighted by atomic mass is 16.5. The van der Waals surface area contributed by atoms with Gasteiger partial charge in [0.05, 0.1) is 18.6 Å². The first-order valence-corrected chi connectivity index (χ1v) is 8.57. The lowest BCUT2D eigenvalue weighted by Gasteiger charge is -2.15. The summed E-state index contributed by atoms with van der Waals surface area (Å²) in [6.07, 6.45) is 0.812. The maximum atomic E-state index is 12.6. The number of hydrogen-bond donors (Lipinski definition) is 0. The van der Waals surface area contributed by atoms with Crippen molar-refractivity contribution in [3.05, 3.63) is 66.1 Å². The van der Waals surface area contributed by atoms with Crippen LogP contribution in [-0.4, -0.2) is 41.2 Å². The number of para-hydroxylation sites is 1. The van der Waals surface area contributed by atoms with Crippen molar-refractivity contribution in [1.29, 1.82) is 0 Å². The molecule has 3 aromatic rings. The van der Waals surface area contributed by atoms with Gasteiger partial charge in [-0.2, -0.15) is 0 Å². The number of carbonyl (C=O) groups is 1. The van der Waals surface area contributed by atoms with E-state index in [4.69, 9.17) is 9.15 Å². The number of benzene rings is 2. The first-order valence-electron chi connectivity index (χ1n) is 8.57. The molecule has 1 aromatic heterocycles. The Morgan fingerprint density at radius 1 is 1.12 bits per heavy atom. The van der Waals surface area contributed by atoms with Gasteiger partial charge >= 0.3 is 0 Å². The number of hydrogen-bond acceptors (Lipinski definition) is 5. The van der Waals surface area contributed by atoms with E-state index in [1.807, 2.05) is 59.5 Å². The third-order valence-corrected chi connectivity index (χ3v) is 4.62. The zero-order valence-electron chi connectivity index (χ0n) is 14.5. The largest absolute Gasteiger partial charge is 0.496 e. The molecule has 6 heteroatoms. The van der Waals surface area contributed by atoms with Gasteiger partial charge in [0, 0.05) is 18.7 Å². The van der Waals surface area contributed by atoms with Crippen LogP contribution in [0.1, 0.15) is 28.6 Å². The fourth-order valence-corrected chi connectivity index (χ4v) is 3.24. The smallest absolute Gasteiger partial charge is 0.253 e. The Morgan fingerprint density at radius 3 is 2.69 bits per heavy atom. The highest BCUT2D eigenvalue weighted by molar-refractivity contribution is 5.94. The molecule has 6 nitrogen and oxygen atoms in total. The van der Waals surface area contributed by atoms with Gasteiger partial charge in [-0.1, -0.05) is 30.3 Å². The summed E-state index contributed by atoms with van der Waals surface area (Å²) >= 11 is 0. The maximum absolute atomic E-state index is 12.6. The second-order valence-corrected chi connectivity index (χ2v) is 6.25. The average molecular weight is 349 g/mol. The second-order valence-electron chi connectivity index (χ2n) is 6.25. The lowest BCUT2D eigenvalue weighted by atomic mass is 10.1. The summed E-state index contributed by atoms with van der Waals surface area (Å²) in [4.78, 5) is 14.4. The molecular formula is C20H19N3O3. The number of amides is 1. The van der Waals surface area contributed by atoms with Crippen molar-refractivity contribution in [2.75, 3.05) is 20.2 Å². The standard InChI is InChI=1S/C20H19N3O3/c1-25-17-10-6-5-9-16(17)19-22-21-18(26-19)15-11-12-23(13-15)20(24)14-7-3-2-4-8-14/h2-10,15H,11-13H2,1H3. The van der Waals surface area contributed by atoms with Gasteiger partial charge < -0.3 is 14.1 Å². The van der Waals surface area contributed by atoms with Gasteiger partial charge in [-0.3, -0.25) is 4.79 Å². The Kier molecular flexibility index (Phi) is 4.39. The molecule has 2 aromatic carbocycles. The number of aromatic nitrogens is 2. The van der Waals surface area contributed by atoms with Crippen molar-refractivity contribution in [2.45, 2.75) is 12.3 Å². The van der Waals surface area contributed by atoms with E-state index >= 15 is 0 Å². The van der Waals surface area contributed by atoms with Gasteiger partial charge in [0.2, 0.25) is 5.89 Å². The molecule has 0 radical (unpaired) electrons. The number of methoxy groups -OCH3 is 1.